The van der Waals surface area contributed by atoms with Crippen LogP contribution in [-0.4, -0.2) is 13.4 Å². The van der Waals surface area contributed by atoms with E-state index in [0.717, 1.165) is 21.1 Å². The van der Waals surface area contributed by atoms with Crippen LogP contribution < -0.4 is 4.72 Å². The second-order valence-corrected chi connectivity index (χ2v) is 9.98. The number of aromatic nitrogens is 1. The van der Waals surface area contributed by atoms with Gasteiger partial charge in [-0.05, 0) is 25.1 Å². The highest BCUT2D eigenvalue weighted by Crippen LogP contribution is 2.34. The van der Waals surface area contributed by atoms with Crippen molar-refractivity contribution in [1.82, 2.24) is 9.71 Å². The fourth-order valence-corrected chi connectivity index (χ4v) is 5.70. The number of benzene rings is 2. The van der Waals surface area contributed by atoms with Gasteiger partial charge in [-0.3, -0.25) is 0 Å². The number of rotatable bonds is 5. The van der Waals surface area contributed by atoms with Crippen molar-refractivity contribution in [1.29, 1.82) is 0 Å². The first-order valence-corrected chi connectivity index (χ1v) is 11.4. The summed E-state index contributed by atoms with van der Waals surface area (Å²) >= 11 is 25.4. The van der Waals surface area contributed by atoms with Crippen molar-refractivity contribution in [3.05, 3.63) is 67.1 Å². The molecule has 0 unspecified atom stereocenters. The van der Waals surface area contributed by atoms with E-state index >= 15 is 0 Å². The molecule has 0 aliphatic heterocycles. The minimum atomic E-state index is -3.88. The standard InChI is InChI=1S/C17H12Cl4N2O2S2/c1-9-15(26-17(23-9)10-4-2-3-5-11(10)18)8-22-27(24,25)16-7-13(20)12(19)6-14(16)21/h2-7,22H,8H2,1H3. The molecule has 2 aromatic carbocycles. The van der Waals surface area contributed by atoms with Crippen LogP contribution in [0.15, 0.2) is 41.3 Å². The molecule has 0 fully saturated rings. The molecule has 1 N–H and O–H groups in total. The van der Waals surface area contributed by atoms with E-state index in [2.05, 4.69) is 9.71 Å². The molecular formula is C17H12Cl4N2O2S2. The van der Waals surface area contributed by atoms with Gasteiger partial charge in [-0.2, -0.15) is 0 Å². The predicted molar refractivity (Wildman–Crippen MR) is 113 cm³/mol. The third kappa shape index (κ3) is 4.59. The molecule has 0 atom stereocenters. The Bertz CT molecular complexity index is 1110. The average Bonchev–Trinajstić information content (AvgIpc) is 2.97. The molecule has 0 aliphatic carbocycles. The summed E-state index contributed by atoms with van der Waals surface area (Å²) in [5.41, 5.74) is 1.52. The summed E-state index contributed by atoms with van der Waals surface area (Å²) in [5.74, 6) is 0. The van der Waals surface area contributed by atoms with Gasteiger partial charge in [0, 0.05) is 17.0 Å². The van der Waals surface area contributed by atoms with Crippen molar-refractivity contribution in [3.63, 3.8) is 0 Å². The smallest absolute Gasteiger partial charge is 0.241 e. The Labute approximate surface area is 181 Å². The number of thiazole rings is 1. The highest BCUT2D eigenvalue weighted by atomic mass is 35.5. The summed E-state index contributed by atoms with van der Waals surface area (Å²) in [4.78, 5) is 5.13. The number of hydrogen-bond acceptors (Lipinski definition) is 4. The molecule has 1 aromatic heterocycles. The van der Waals surface area contributed by atoms with Gasteiger partial charge in [0.1, 0.15) is 9.90 Å². The van der Waals surface area contributed by atoms with Gasteiger partial charge in [-0.25, -0.2) is 18.1 Å². The number of hydrogen-bond donors (Lipinski definition) is 1. The molecule has 0 aliphatic rings. The monoisotopic (exact) mass is 480 g/mol. The minimum Gasteiger partial charge on any atom is -0.241 e. The molecule has 27 heavy (non-hydrogen) atoms. The van der Waals surface area contributed by atoms with Gasteiger partial charge in [0.05, 0.1) is 25.8 Å². The maximum Gasteiger partial charge on any atom is 0.242 e. The number of nitrogens with one attached hydrogen (secondary N) is 1. The highest BCUT2D eigenvalue weighted by Gasteiger charge is 2.21. The van der Waals surface area contributed by atoms with Crippen molar-refractivity contribution in [3.8, 4) is 10.6 Å². The zero-order chi connectivity index (χ0) is 19.8. The second kappa shape index (κ2) is 8.25. The molecular weight excluding hydrogens is 470 g/mol. The topological polar surface area (TPSA) is 59.1 Å². The summed E-state index contributed by atoms with van der Waals surface area (Å²) in [5, 5.41) is 1.59. The lowest BCUT2D eigenvalue weighted by Crippen LogP contribution is -2.23. The Morgan fingerprint density at radius 1 is 1.00 bits per heavy atom. The molecule has 3 rings (SSSR count). The molecule has 3 aromatic rings. The fraction of sp³-hybridized carbons (Fsp3) is 0.118. The highest BCUT2D eigenvalue weighted by molar-refractivity contribution is 7.89. The lowest BCUT2D eigenvalue weighted by molar-refractivity contribution is 0.581. The first-order chi connectivity index (χ1) is 12.7. The van der Waals surface area contributed by atoms with Crippen molar-refractivity contribution >= 4 is 67.8 Å². The molecule has 10 heteroatoms. The summed E-state index contributed by atoms with van der Waals surface area (Å²) in [7, 11) is -3.88. The number of nitrogens with zero attached hydrogens (tertiary/aromatic N) is 1. The average molecular weight is 482 g/mol. The molecule has 142 valence electrons. The van der Waals surface area contributed by atoms with Crippen molar-refractivity contribution < 1.29 is 8.42 Å². The Balaban J connectivity index is 1.85. The van der Waals surface area contributed by atoms with E-state index in [1.165, 1.54) is 23.5 Å². The number of aryl methyl sites for hydroxylation is 1. The van der Waals surface area contributed by atoms with E-state index in [1.807, 2.05) is 25.1 Å². The summed E-state index contributed by atoms with van der Waals surface area (Å²) < 4.78 is 27.7. The zero-order valence-electron chi connectivity index (χ0n) is 13.8. The second-order valence-electron chi connectivity index (χ2n) is 5.53. The number of halogens is 4. The fourth-order valence-electron chi connectivity index (χ4n) is 2.29. The largest absolute Gasteiger partial charge is 0.242 e. The predicted octanol–water partition coefficient (Wildman–Crippen LogP) is 6.21. The Kier molecular flexibility index (Phi) is 6.37. The van der Waals surface area contributed by atoms with Crippen LogP contribution in [0, 0.1) is 6.92 Å². The molecule has 0 spiro atoms. The van der Waals surface area contributed by atoms with Crippen LogP contribution >= 0.6 is 57.7 Å². The van der Waals surface area contributed by atoms with Gasteiger partial charge in [0.2, 0.25) is 10.0 Å². The molecule has 0 amide bonds. The van der Waals surface area contributed by atoms with Crippen LogP contribution in [0.25, 0.3) is 10.6 Å². The maximum atomic E-state index is 12.6. The van der Waals surface area contributed by atoms with Crippen LogP contribution in [0.1, 0.15) is 10.6 Å². The minimum absolute atomic E-state index is 0.00492. The van der Waals surface area contributed by atoms with E-state index in [0.29, 0.717) is 5.02 Å². The molecule has 0 radical (unpaired) electrons. The van der Waals surface area contributed by atoms with Crippen LogP contribution in [0.4, 0.5) is 0 Å². The molecule has 1 heterocycles. The molecule has 0 saturated carbocycles. The maximum absolute atomic E-state index is 12.6. The Hall–Kier alpha value is -0.860. The first-order valence-electron chi connectivity index (χ1n) is 7.54. The third-order valence-corrected chi connectivity index (χ3v) is 7.79. The third-order valence-electron chi connectivity index (χ3n) is 3.68. The Morgan fingerprint density at radius 3 is 2.37 bits per heavy atom. The van der Waals surface area contributed by atoms with Gasteiger partial charge < -0.3 is 0 Å². The van der Waals surface area contributed by atoms with Gasteiger partial charge >= 0.3 is 0 Å². The van der Waals surface area contributed by atoms with E-state index < -0.39 is 10.0 Å². The number of sulfonamides is 1. The van der Waals surface area contributed by atoms with Gasteiger partial charge in [0.25, 0.3) is 0 Å². The Morgan fingerprint density at radius 2 is 1.67 bits per heavy atom. The van der Waals surface area contributed by atoms with Crippen LogP contribution in [0.2, 0.25) is 20.1 Å². The SMILES string of the molecule is Cc1nc(-c2ccccc2Cl)sc1CNS(=O)(=O)c1cc(Cl)c(Cl)cc1Cl. The lowest BCUT2D eigenvalue weighted by atomic mass is 10.2. The van der Waals surface area contributed by atoms with Crippen LogP contribution in [0.3, 0.4) is 0 Å². The van der Waals surface area contributed by atoms with Gasteiger partial charge in [-0.1, -0.05) is 64.6 Å². The first kappa shape index (κ1) is 20.9. The van der Waals surface area contributed by atoms with Gasteiger partial charge in [-0.15, -0.1) is 11.3 Å². The van der Waals surface area contributed by atoms with E-state index in [-0.39, 0.29) is 26.5 Å². The van der Waals surface area contributed by atoms with Crippen LogP contribution in [-0.2, 0) is 16.6 Å². The van der Waals surface area contributed by atoms with Crippen molar-refractivity contribution in [2.45, 2.75) is 18.4 Å². The summed E-state index contributed by atoms with van der Waals surface area (Å²) in [6.45, 7) is 1.87. The zero-order valence-corrected chi connectivity index (χ0v) is 18.4. The van der Waals surface area contributed by atoms with Crippen molar-refractivity contribution in [2.75, 3.05) is 0 Å². The van der Waals surface area contributed by atoms with E-state index in [1.54, 1.807) is 6.07 Å². The normalized spacial score (nSPS) is 11.7. The molecule has 0 bridgehead atoms. The summed E-state index contributed by atoms with van der Waals surface area (Å²) in [6, 6.07) is 9.87. The van der Waals surface area contributed by atoms with E-state index in [4.69, 9.17) is 46.4 Å². The molecule has 0 saturated heterocycles. The van der Waals surface area contributed by atoms with E-state index in [9.17, 15) is 8.42 Å². The van der Waals surface area contributed by atoms with Gasteiger partial charge in [0.15, 0.2) is 0 Å². The molecule has 4 nitrogen and oxygen atoms in total. The quantitative estimate of drug-likeness (QED) is 0.440. The van der Waals surface area contributed by atoms with Crippen LogP contribution in [0.5, 0.6) is 0 Å². The van der Waals surface area contributed by atoms with Crippen molar-refractivity contribution in [2.24, 2.45) is 0 Å². The summed E-state index contributed by atoms with van der Waals surface area (Å²) in [6.07, 6.45) is 0. The lowest BCUT2D eigenvalue weighted by Gasteiger charge is -2.09.